The molecule has 2 N–H and O–H groups in total. The Bertz CT molecular complexity index is 624. The van der Waals surface area contributed by atoms with E-state index >= 15 is 0 Å². The smallest absolute Gasteiger partial charge is 0.265 e. The Labute approximate surface area is 128 Å². The van der Waals surface area contributed by atoms with Crippen LogP contribution < -0.4 is 5.32 Å². The highest BCUT2D eigenvalue weighted by Gasteiger charge is 2.16. The van der Waals surface area contributed by atoms with Crippen LogP contribution in [0.1, 0.15) is 44.9 Å². The van der Waals surface area contributed by atoms with Crippen LogP contribution in [0.4, 0.5) is 5.69 Å². The van der Waals surface area contributed by atoms with Gasteiger partial charge in [-0.3, -0.25) is 4.79 Å². The second kappa shape index (κ2) is 6.41. The lowest BCUT2D eigenvalue weighted by atomic mass is 10.1. The molecule has 0 spiro atoms. The maximum absolute atomic E-state index is 12.4. The van der Waals surface area contributed by atoms with E-state index in [1.165, 1.54) is 29.7 Å². The van der Waals surface area contributed by atoms with Crippen molar-refractivity contribution in [2.24, 2.45) is 0 Å². The number of nitrogens with one attached hydrogen (secondary N) is 1. The molecule has 1 heterocycles. The van der Waals surface area contributed by atoms with Crippen LogP contribution >= 0.6 is 11.3 Å². The normalized spacial score (nSPS) is 14.3. The van der Waals surface area contributed by atoms with Crippen molar-refractivity contribution in [1.82, 2.24) is 0 Å². The summed E-state index contributed by atoms with van der Waals surface area (Å²) in [5.41, 5.74) is 2.89. The summed E-state index contributed by atoms with van der Waals surface area (Å²) >= 11 is 1.62. The zero-order chi connectivity index (χ0) is 14.7. The van der Waals surface area contributed by atoms with Crippen molar-refractivity contribution in [3.8, 4) is 0 Å². The third kappa shape index (κ3) is 3.34. The van der Waals surface area contributed by atoms with Crippen molar-refractivity contribution in [1.29, 1.82) is 0 Å². The quantitative estimate of drug-likeness (QED) is 0.848. The van der Waals surface area contributed by atoms with Crippen LogP contribution in [0, 0.1) is 0 Å². The Morgan fingerprint density at radius 1 is 1.19 bits per heavy atom. The molecule has 0 unspecified atom stereocenters. The molecular weight excluding hydrogens is 282 g/mol. The number of hydrogen-bond donors (Lipinski definition) is 2. The molecule has 1 aromatic carbocycles. The number of benzene rings is 1. The topological polar surface area (TPSA) is 49.3 Å². The molecule has 1 aromatic heterocycles. The van der Waals surface area contributed by atoms with E-state index in [4.69, 9.17) is 5.11 Å². The monoisotopic (exact) mass is 301 g/mol. The number of amides is 1. The first-order valence-electron chi connectivity index (χ1n) is 7.39. The molecule has 0 fully saturated rings. The van der Waals surface area contributed by atoms with Gasteiger partial charge in [0.2, 0.25) is 0 Å². The van der Waals surface area contributed by atoms with Gasteiger partial charge in [-0.1, -0.05) is 18.6 Å². The number of thiophene rings is 1. The molecule has 1 aliphatic rings. The van der Waals surface area contributed by atoms with E-state index in [-0.39, 0.29) is 12.5 Å². The van der Waals surface area contributed by atoms with Gasteiger partial charge in [0, 0.05) is 10.6 Å². The van der Waals surface area contributed by atoms with Gasteiger partial charge in [-0.25, -0.2) is 0 Å². The summed E-state index contributed by atoms with van der Waals surface area (Å²) in [6, 6.07) is 9.37. The van der Waals surface area contributed by atoms with Crippen molar-refractivity contribution in [2.45, 2.75) is 38.7 Å². The second-order valence-electron chi connectivity index (χ2n) is 5.43. The molecule has 0 saturated heterocycles. The van der Waals surface area contributed by atoms with Crippen molar-refractivity contribution < 1.29 is 9.90 Å². The highest BCUT2D eigenvalue weighted by Crippen LogP contribution is 2.29. The van der Waals surface area contributed by atoms with E-state index in [1.54, 1.807) is 17.4 Å². The van der Waals surface area contributed by atoms with E-state index in [9.17, 15) is 4.79 Å². The largest absolute Gasteiger partial charge is 0.392 e. The van der Waals surface area contributed by atoms with Crippen LogP contribution in [0.15, 0.2) is 30.3 Å². The molecule has 21 heavy (non-hydrogen) atoms. The molecule has 2 aromatic rings. The zero-order valence-electron chi connectivity index (χ0n) is 11.9. The molecule has 3 rings (SSSR count). The van der Waals surface area contributed by atoms with Crippen molar-refractivity contribution >= 4 is 22.9 Å². The third-order valence-electron chi connectivity index (χ3n) is 3.84. The molecule has 4 heteroatoms. The SMILES string of the molecule is O=C(Nc1cccc(CO)c1)c1cc2c(s1)CCCCC2. The number of rotatable bonds is 3. The van der Waals surface area contributed by atoms with Gasteiger partial charge in [0.05, 0.1) is 11.5 Å². The average molecular weight is 301 g/mol. The van der Waals surface area contributed by atoms with E-state index < -0.39 is 0 Å². The van der Waals surface area contributed by atoms with Crippen LogP contribution in [-0.2, 0) is 19.4 Å². The fourth-order valence-electron chi connectivity index (χ4n) is 2.72. The minimum Gasteiger partial charge on any atom is -0.392 e. The molecule has 1 amide bonds. The minimum atomic E-state index is -0.0526. The number of aryl methyl sites for hydroxylation is 2. The Kier molecular flexibility index (Phi) is 4.36. The number of carbonyl (C=O) groups is 1. The Morgan fingerprint density at radius 3 is 2.90 bits per heavy atom. The molecule has 0 atom stereocenters. The number of hydrogen-bond acceptors (Lipinski definition) is 3. The first kappa shape index (κ1) is 14.3. The fraction of sp³-hybridized carbons (Fsp3) is 0.353. The third-order valence-corrected chi connectivity index (χ3v) is 5.07. The number of aliphatic hydroxyl groups is 1. The first-order valence-corrected chi connectivity index (χ1v) is 8.20. The lowest BCUT2D eigenvalue weighted by Crippen LogP contribution is -2.10. The second-order valence-corrected chi connectivity index (χ2v) is 6.57. The average Bonchev–Trinajstić information content (AvgIpc) is 2.79. The predicted octanol–water partition coefficient (Wildman–Crippen LogP) is 3.76. The van der Waals surface area contributed by atoms with Gasteiger partial charge in [0.25, 0.3) is 5.91 Å². The van der Waals surface area contributed by atoms with Crippen LogP contribution in [0.5, 0.6) is 0 Å². The Hall–Kier alpha value is -1.65. The van der Waals surface area contributed by atoms with Crippen LogP contribution in [-0.4, -0.2) is 11.0 Å². The number of aliphatic hydroxyl groups excluding tert-OH is 1. The van der Waals surface area contributed by atoms with Gasteiger partial charge in [-0.05, 0) is 55.0 Å². The summed E-state index contributed by atoms with van der Waals surface area (Å²) < 4.78 is 0. The molecular formula is C17H19NO2S. The molecule has 0 bridgehead atoms. The van der Waals surface area contributed by atoms with Crippen LogP contribution in [0.25, 0.3) is 0 Å². The van der Waals surface area contributed by atoms with Crippen molar-refractivity contribution in [3.63, 3.8) is 0 Å². The summed E-state index contributed by atoms with van der Waals surface area (Å²) in [5, 5.41) is 12.1. The number of fused-ring (bicyclic) bond motifs is 1. The number of anilines is 1. The van der Waals surface area contributed by atoms with Gasteiger partial charge in [-0.2, -0.15) is 0 Å². The van der Waals surface area contributed by atoms with Gasteiger partial charge in [0.1, 0.15) is 0 Å². The summed E-state index contributed by atoms with van der Waals surface area (Å²) in [6.45, 7) is -0.0169. The maximum Gasteiger partial charge on any atom is 0.265 e. The Morgan fingerprint density at radius 2 is 2.05 bits per heavy atom. The first-order chi connectivity index (χ1) is 10.3. The summed E-state index contributed by atoms with van der Waals surface area (Å²) in [4.78, 5) is 14.5. The zero-order valence-corrected chi connectivity index (χ0v) is 12.7. The highest BCUT2D eigenvalue weighted by molar-refractivity contribution is 7.14. The van der Waals surface area contributed by atoms with Gasteiger partial charge >= 0.3 is 0 Å². The van der Waals surface area contributed by atoms with Gasteiger partial charge in [0.15, 0.2) is 0 Å². The molecule has 110 valence electrons. The van der Waals surface area contributed by atoms with Crippen LogP contribution in [0.2, 0.25) is 0 Å². The molecule has 0 saturated carbocycles. The molecule has 1 aliphatic carbocycles. The molecule has 3 nitrogen and oxygen atoms in total. The Balaban J connectivity index is 1.76. The van der Waals surface area contributed by atoms with E-state index in [2.05, 4.69) is 11.4 Å². The maximum atomic E-state index is 12.4. The van der Waals surface area contributed by atoms with Crippen molar-refractivity contribution in [2.75, 3.05) is 5.32 Å². The van der Waals surface area contributed by atoms with E-state index in [0.29, 0.717) is 0 Å². The fourth-order valence-corrected chi connectivity index (χ4v) is 3.87. The highest BCUT2D eigenvalue weighted by atomic mass is 32.1. The van der Waals surface area contributed by atoms with E-state index in [0.717, 1.165) is 29.0 Å². The summed E-state index contributed by atoms with van der Waals surface area (Å²) in [7, 11) is 0. The van der Waals surface area contributed by atoms with Gasteiger partial charge < -0.3 is 10.4 Å². The lowest BCUT2D eigenvalue weighted by molar-refractivity contribution is 0.103. The standard InChI is InChI=1S/C17H19NO2S/c19-11-12-5-4-7-14(9-12)18-17(20)16-10-13-6-2-1-3-8-15(13)21-16/h4-5,7,9-10,19H,1-3,6,8,11H2,(H,18,20). The summed E-state index contributed by atoms with van der Waals surface area (Å²) in [5.74, 6) is -0.0526. The van der Waals surface area contributed by atoms with Crippen molar-refractivity contribution in [3.05, 3.63) is 51.2 Å². The molecule has 0 aliphatic heterocycles. The van der Waals surface area contributed by atoms with Gasteiger partial charge in [-0.15, -0.1) is 11.3 Å². The lowest BCUT2D eigenvalue weighted by Gasteiger charge is -2.05. The van der Waals surface area contributed by atoms with E-state index in [1.807, 2.05) is 18.2 Å². The predicted molar refractivity (Wildman–Crippen MR) is 85.9 cm³/mol. The van der Waals surface area contributed by atoms with Crippen LogP contribution in [0.3, 0.4) is 0 Å². The molecule has 0 radical (unpaired) electrons. The summed E-state index contributed by atoms with van der Waals surface area (Å²) in [6.07, 6.45) is 5.94. The number of carbonyl (C=O) groups excluding carboxylic acids is 1. The minimum absolute atomic E-state index is 0.0169.